The number of likely N-dealkylation sites (tertiary alicyclic amines) is 1. The number of nitrogens with zero attached hydrogens (tertiary/aromatic N) is 3. The number of piperidine rings is 1. The second-order valence-corrected chi connectivity index (χ2v) is 9.79. The zero-order chi connectivity index (χ0) is 29.6. The summed E-state index contributed by atoms with van der Waals surface area (Å²) in [4.78, 5) is 25.3. The van der Waals surface area contributed by atoms with Gasteiger partial charge in [-0.3, -0.25) is 4.90 Å². The molecule has 8 nitrogen and oxygen atoms in total. The number of hydrogen-bond donors (Lipinski definition) is 3. The van der Waals surface area contributed by atoms with Crippen molar-refractivity contribution in [2.24, 2.45) is 0 Å². The highest BCUT2D eigenvalue weighted by Gasteiger charge is 2.42. The molecule has 0 radical (unpaired) electrons. The molecule has 0 unspecified atom stereocenters. The van der Waals surface area contributed by atoms with Gasteiger partial charge < -0.3 is 20.1 Å². The Morgan fingerprint density at radius 1 is 0.950 bits per heavy atom. The van der Waals surface area contributed by atoms with Crippen LogP contribution < -0.4 is 5.32 Å². The molecule has 2 aliphatic heterocycles. The largest absolute Gasteiger partial charge is 0.490 e. The van der Waals surface area contributed by atoms with E-state index in [1.807, 2.05) is 0 Å². The monoisotopic (exact) mass is 592 g/mol. The number of carboxylic acid groups (broad SMARTS) is 2. The third-order valence-electron chi connectivity index (χ3n) is 6.33. The fourth-order valence-corrected chi connectivity index (χ4v) is 5.10. The van der Waals surface area contributed by atoms with Crippen LogP contribution in [0.25, 0.3) is 11.3 Å². The number of halogens is 6. The number of aliphatic carboxylic acids is 2. The average molecular weight is 593 g/mol. The highest BCUT2D eigenvalue weighted by molar-refractivity contribution is 7.07. The van der Waals surface area contributed by atoms with Crippen molar-refractivity contribution in [3.63, 3.8) is 0 Å². The van der Waals surface area contributed by atoms with E-state index in [0.717, 1.165) is 45.6 Å². The van der Waals surface area contributed by atoms with Gasteiger partial charge >= 0.3 is 24.3 Å². The fraction of sp³-hybridized carbons (Fsp3) is 0.400. The number of nitrogens with one attached hydrogen (secondary N) is 1. The molecule has 2 aliphatic rings. The van der Waals surface area contributed by atoms with Crippen molar-refractivity contribution in [1.29, 1.82) is 0 Å². The molecule has 1 aromatic carbocycles. The number of rotatable bonds is 3. The molecule has 0 amide bonds. The molecule has 0 aliphatic carbocycles. The maximum absolute atomic E-state index is 10.6. The molecular formula is C25H26F6N4O4S. The Labute approximate surface area is 228 Å². The fourth-order valence-electron chi connectivity index (χ4n) is 4.44. The number of carbonyl (C=O) groups is 2. The maximum Gasteiger partial charge on any atom is 0.490 e. The van der Waals surface area contributed by atoms with Gasteiger partial charge in [-0.15, -0.1) is 0 Å². The number of carboxylic acids is 2. The van der Waals surface area contributed by atoms with Gasteiger partial charge in [-0.2, -0.15) is 37.7 Å². The molecule has 1 fully saturated rings. The van der Waals surface area contributed by atoms with Crippen LogP contribution in [0.3, 0.4) is 0 Å². The predicted octanol–water partition coefficient (Wildman–Crippen LogP) is 4.97. The maximum atomic E-state index is 10.6. The summed E-state index contributed by atoms with van der Waals surface area (Å²) in [6.45, 7) is 5.34. The molecule has 2 aromatic heterocycles. The van der Waals surface area contributed by atoms with Crippen LogP contribution in [-0.2, 0) is 28.2 Å². The molecule has 1 saturated heterocycles. The van der Waals surface area contributed by atoms with Crippen molar-refractivity contribution >= 4 is 23.3 Å². The van der Waals surface area contributed by atoms with Crippen LogP contribution in [0.2, 0.25) is 0 Å². The average Bonchev–Trinajstić information content (AvgIpc) is 3.57. The zero-order valence-corrected chi connectivity index (χ0v) is 21.7. The second-order valence-electron chi connectivity index (χ2n) is 9.01. The standard InChI is InChI=1S/C21H24N4S.2C2HF3O2/c1-2-4-18(5-3-1)19-14-22-20-21(23-9-12-25(19)20)7-10-24(11-8-21)15-17-6-13-26-16-17;2*3-2(4,5)1(6)7/h1-6,13-14,16,23H,7-12,15H2;2*(H,6,7). The van der Waals surface area contributed by atoms with Crippen LogP contribution in [0, 0.1) is 0 Å². The first-order valence-electron chi connectivity index (χ1n) is 11.9. The minimum absolute atomic E-state index is 0.0381. The normalized spacial score (nSPS) is 16.6. The van der Waals surface area contributed by atoms with Gasteiger partial charge in [-0.1, -0.05) is 30.3 Å². The number of hydrogen-bond acceptors (Lipinski definition) is 6. The first-order chi connectivity index (χ1) is 18.7. The molecular weight excluding hydrogens is 566 g/mol. The summed E-state index contributed by atoms with van der Waals surface area (Å²) in [6, 6.07) is 12.9. The number of imidazole rings is 1. The van der Waals surface area contributed by atoms with Gasteiger partial charge in [0, 0.05) is 32.7 Å². The molecule has 218 valence electrons. The van der Waals surface area contributed by atoms with E-state index in [1.54, 1.807) is 11.3 Å². The van der Waals surface area contributed by atoms with Gasteiger partial charge in [0.25, 0.3) is 0 Å². The molecule has 4 heterocycles. The Hall–Kier alpha value is -3.43. The summed E-state index contributed by atoms with van der Waals surface area (Å²) in [5, 5.41) is 22.5. The lowest BCUT2D eigenvalue weighted by molar-refractivity contribution is -0.193. The van der Waals surface area contributed by atoms with E-state index in [2.05, 4.69) is 68.1 Å². The molecule has 3 aromatic rings. The first-order valence-corrected chi connectivity index (χ1v) is 12.9. The number of aromatic nitrogens is 2. The predicted molar refractivity (Wildman–Crippen MR) is 134 cm³/mol. The van der Waals surface area contributed by atoms with E-state index in [-0.39, 0.29) is 5.54 Å². The van der Waals surface area contributed by atoms with Crippen LogP contribution in [0.5, 0.6) is 0 Å². The summed E-state index contributed by atoms with van der Waals surface area (Å²) < 4.78 is 65.9. The zero-order valence-electron chi connectivity index (χ0n) is 20.9. The number of alkyl halides is 6. The minimum Gasteiger partial charge on any atom is -0.475 e. The van der Waals surface area contributed by atoms with Gasteiger partial charge in [0.05, 0.1) is 17.4 Å². The summed E-state index contributed by atoms with van der Waals surface area (Å²) in [5.74, 6) is -4.28. The quantitative estimate of drug-likeness (QED) is 0.369. The molecule has 0 saturated carbocycles. The lowest BCUT2D eigenvalue weighted by atomic mass is 9.85. The third kappa shape index (κ3) is 8.05. The molecule has 15 heteroatoms. The molecule has 3 N–H and O–H groups in total. The molecule has 0 bridgehead atoms. The Morgan fingerprint density at radius 3 is 2.02 bits per heavy atom. The van der Waals surface area contributed by atoms with Gasteiger partial charge in [0.2, 0.25) is 0 Å². The Morgan fingerprint density at radius 2 is 1.52 bits per heavy atom. The molecule has 1 spiro atoms. The van der Waals surface area contributed by atoms with Crippen molar-refractivity contribution in [2.45, 2.75) is 43.8 Å². The molecule has 40 heavy (non-hydrogen) atoms. The van der Waals surface area contributed by atoms with Crippen molar-refractivity contribution in [1.82, 2.24) is 19.8 Å². The van der Waals surface area contributed by atoms with Crippen LogP contribution in [0.4, 0.5) is 26.3 Å². The molecule has 5 rings (SSSR count). The lowest BCUT2D eigenvalue weighted by Gasteiger charge is -2.44. The Kier molecular flexibility index (Phi) is 9.97. The van der Waals surface area contributed by atoms with E-state index in [9.17, 15) is 26.3 Å². The van der Waals surface area contributed by atoms with Crippen LogP contribution in [0.1, 0.15) is 24.2 Å². The summed E-state index contributed by atoms with van der Waals surface area (Å²) >= 11 is 1.79. The summed E-state index contributed by atoms with van der Waals surface area (Å²) in [5.41, 5.74) is 3.99. The van der Waals surface area contributed by atoms with Crippen LogP contribution in [0.15, 0.2) is 53.4 Å². The van der Waals surface area contributed by atoms with E-state index >= 15 is 0 Å². The number of fused-ring (bicyclic) bond motifs is 2. The minimum atomic E-state index is -5.08. The SMILES string of the molecule is O=C(O)C(F)(F)F.O=C(O)C(F)(F)F.c1ccc(-c2cnc3n2CCNC32CCN(Cc3ccsc3)CC2)cc1. The molecule has 0 atom stereocenters. The van der Waals surface area contributed by atoms with E-state index in [0.29, 0.717) is 0 Å². The van der Waals surface area contributed by atoms with Crippen molar-refractivity contribution in [3.8, 4) is 11.3 Å². The number of benzene rings is 1. The van der Waals surface area contributed by atoms with E-state index in [4.69, 9.17) is 24.8 Å². The van der Waals surface area contributed by atoms with E-state index < -0.39 is 24.3 Å². The van der Waals surface area contributed by atoms with Crippen LogP contribution >= 0.6 is 11.3 Å². The number of thiophene rings is 1. The first kappa shape index (κ1) is 31.1. The summed E-state index contributed by atoms with van der Waals surface area (Å²) in [7, 11) is 0. The topological polar surface area (TPSA) is 108 Å². The summed E-state index contributed by atoms with van der Waals surface area (Å²) in [6.07, 6.45) is -5.85. The van der Waals surface area contributed by atoms with E-state index in [1.165, 1.54) is 22.6 Å². The highest BCUT2D eigenvalue weighted by atomic mass is 32.1. The van der Waals surface area contributed by atoms with Crippen LogP contribution in [-0.4, -0.2) is 68.6 Å². The Balaban J connectivity index is 0.000000263. The second kappa shape index (κ2) is 12.8. The smallest absolute Gasteiger partial charge is 0.475 e. The third-order valence-corrected chi connectivity index (χ3v) is 7.06. The lowest BCUT2D eigenvalue weighted by Crippen LogP contribution is -2.55. The van der Waals surface area contributed by atoms with Crippen molar-refractivity contribution in [2.75, 3.05) is 19.6 Å². The van der Waals surface area contributed by atoms with Crippen molar-refractivity contribution < 1.29 is 46.1 Å². The van der Waals surface area contributed by atoms with Gasteiger partial charge in [-0.25, -0.2) is 14.6 Å². The van der Waals surface area contributed by atoms with Crippen molar-refractivity contribution in [3.05, 3.63) is 64.7 Å². The Bertz CT molecular complexity index is 1230. The van der Waals surface area contributed by atoms with Gasteiger partial charge in [0.1, 0.15) is 5.82 Å². The highest BCUT2D eigenvalue weighted by Crippen LogP contribution is 2.37. The van der Waals surface area contributed by atoms with Gasteiger partial charge in [-0.05, 0) is 40.8 Å². The van der Waals surface area contributed by atoms with Gasteiger partial charge in [0.15, 0.2) is 0 Å².